The zero-order valence-corrected chi connectivity index (χ0v) is 13.7. The molecule has 2 aromatic carbocycles. The van der Waals surface area contributed by atoms with Crippen LogP contribution in [0.1, 0.15) is 11.1 Å². The van der Waals surface area contributed by atoms with Gasteiger partial charge in [0.25, 0.3) is 0 Å². The van der Waals surface area contributed by atoms with Gasteiger partial charge in [0, 0.05) is 10.0 Å². The largest absolute Gasteiger partial charge is 0.508 e. The third-order valence-corrected chi connectivity index (χ3v) is 4.07. The molecule has 0 amide bonds. The maximum absolute atomic E-state index is 11.7. The van der Waals surface area contributed by atoms with Gasteiger partial charge in [-0.3, -0.25) is 0 Å². The molecule has 7 nitrogen and oxygen atoms in total. The number of phenolic OH excluding ortho intramolecular Hbond substituents is 1. The van der Waals surface area contributed by atoms with Crippen LogP contribution in [0.2, 0.25) is 0 Å². The first kappa shape index (κ1) is 15.3. The first-order valence-corrected chi connectivity index (χ1v) is 7.56. The van der Waals surface area contributed by atoms with Crippen molar-refractivity contribution in [3.63, 3.8) is 0 Å². The van der Waals surface area contributed by atoms with Crippen molar-refractivity contribution in [2.45, 2.75) is 13.5 Å². The van der Waals surface area contributed by atoms with Gasteiger partial charge in [0.15, 0.2) is 0 Å². The summed E-state index contributed by atoms with van der Waals surface area (Å²) in [6.45, 7) is 2.07. The van der Waals surface area contributed by atoms with Crippen LogP contribution in [0.3, 0.4) is 0 Å². The summed E-state index contributed by atoms with van der Waals surface area (Å²) >= 11 is 3.47. The molecule has 2 N–H and O–H groups in total. The number of rotatable bonds is 4. The number of aromatic nitrogens is 4. The highest BCUT2D eigenvalue weighted by Gasteiger charge is 2.13. The molecule has 0 aliphatic carbocycles. The number of nitrogens with one attached hydrogen (secondary N) is 1. The van der Waals surface area contributed by atoms with Crippen LogP contribution in [0.25, 0.3) is 5.69 Å². The van der Waals surface area contributed by atoms with Crippen molar-refractivity contribution in [1.82, 2.24) is 20.2 Å². The number of aryl methyl sites for hydroxylation is 1. The van der Waals surface area contributed by atoms with Crippen molar-refractivity contribution in [2.75, 3.05) is 0 Å². The lowest BCUT2D eigenvalue weighted by atomic mass is 10.2. The Balaban J connectivity index is 1.94. The number of phenols is 1. The Morgan fingerprint density at radius 3 is 2.87 bits per heavy atom. The molecule has 0 unspecified atom stereocenters. The van der Waals surface area contributed by atoms with Crippen molar-refractivity contribution in [2.24, 2.45) is 0 Å². The van der Waals surface area contributed by atoms with Crippen LogP contribution in [-0.2, 0) is 6.61 Å². The lowest BCUT2D eigenvalue weighted by Gasteiger charge is -2.13. The van der Waals surface area contributed by atoms with E-state index in [4.69, 9.17) is 4.74 Å². The van der Waals surface area contributed by atoms with Gasteiger partial charge < -0.3 is 9.84 Å². The Hall–Kier alpha value is -2.61. The minimum atomic E-state index is -0.426. The topological polar surface area (TPSA) is 93.0 Å². The van der Waals surface area contributed by atoms with E-state index in [1.807, 2.05) is 13.0 Å². The average molecular weight is 377 g/mol. The van der Waals surface area contributed by atoms with E-state index in [2.05, 4.69) is 31.5 Å². The van der Waals surface area contributed by atoms with Gasteiger partial charge in [0.2, 0.25) is 0 Å². The Kier molecular flexibility index (Phi) is 4.16. The maximum Gasteiger partial charge on any atom is 0.365 e. The van der Waals surface area contributed by atoms with Gasteiger partial charge in [-0.25, -0.2) is 9.89 Å². The monoisotopic (exact) mass is 376 g/mol. The lowest BCUT2D eigenvalue weighted by molar-refractivity contribution is 0.302. The molecule has 0 bridgehead atoms. The fraction of sp³-hybridized carbons (Fsp3) is 0.133. The first-order valence-electron chi connectivity index (χ1n) is 6.77. The highest BCUT2D eigenvalue weighted by Crippen LogP contribution is 2.27. The molecule has 0 fully saturated rings. The molecule has 0 saturated carbocycles. The zero-order chi connectivity index (χ0) is 16.4. The molecule has 1 aromatic heterocycles. The second-order valence-electron chi connectivity index (χ2n) is 4.89. The van der Waals surface area contributed by atoms with E-state index in [0.717, 1.165) is 15.6 Å². The second-order valence-corrected chi connectivity index (χ2v) is 5.75. The van der Waals surface area contributed by atoms with E-state index >= 15 is 0 Å². The van der Waals surface area contributed by atoms with E-state index in [9.17, 15) is 9.90 Å². The van der Waals surface area contributed by atoms with Gasteiger partial charge in [-0.1, -0.05) is 22.0 Å². The summed E-state index contributed by atoms with van der Waals surface area (Å²) in [6, 6.07) is 10.3. The fourth-order valence-corrected chi connectivity index (χ4v) is 2.66. The predicted molar refractivity (Wildman–Crippen MR) is 86.9 cm³/mol. The molecular formula is C15H13BrN4O3. The van der Waals surface area contributed by atoms with Crippen molar-refractivity contribution in [1.29, 1.82) is 0 Å². The van der Waals surface area contributed by atoms with E-state index in [-0.39, 0.29) is 12.4 Å². The summed E-state index contributed by atoms with van der Waals surface area (Å²) in [7, 11) is 0. The summed E-state index contributed by atoms with van der Waals surface area (Å²) in [5.41, 5.74) is 1.73. The molecule has 0 aliphatic heterocycles. The summed E-state index contributed by atoms with van der Waals surface area (Å²) in [5.74, 6) is 0.836. The Labute approximate surface area is 139 Å². The molecular weight excluding hydrogens is 364 g/mol. The number of aromatic hydroxyl groups is 1. The van der Waals surface area contributed by atoms with E-state index < -0.39 is 5.69 Å². The SMILES string of the molecule is Cc1cc(O)ccc1OCc1c(Br)cccc1-n1nn[nH]c1=O. The highest BCUT2D eigenvalue weighted by atomic mass is 79.9. The number of halogens is 1. The fourth-order valence-electron chi connectivity index (χ4n) is 2.19. The number of aromatic amines is 1. The van der Waals surface area contributed by atoms with Crippen molar-refractivity contribution in [3.05, 3.63) is 62.5 Å². The van der Waals surface area contributed by atoms with Crippen LogP contribution in [-0.4, -0.2) is 25.3 Å². The number of tetrazole rings is 1. The van der Waals surface area contributed by atoms with Gasteiger partial charge in [0.1, 0.15) is 18.1 Å². The van der Waals surface area contributed by atoms with Gasteiger partial charge in [-0.2, -0.15) is 4.68 Å². The standard InChI is InChI=1S/C15H13BrN4O3/c1-9-7-10(21)5-6-14(9)23-8-11-12(16)3-2-4-13(11)20-15(22)17-18-19-20/h2-7,21H,8H2,1H3,(H,17,19,22). The molecule has 23 heavy (non-hydrogen) atoms. The molecule has 3 rings (SSSR count). The Morgan fingerprint density at radius 2 is 2.17 bits per heavy atom. The molecule has 3 aromatic rings. The number of hydrogen-bond acceptors (Lipinski definition) is 5. The third kappa shape index (κ3) is 3.11. The third-order valence-electron chi connectivity index (χ3n) is 3.33. The second kappa shape index (κ2) is 6.25. The summed E-state index contributed by atoms with van der Waals surface area (Å²) < 4.78 is 7.79. The van der Waals surface area contributed by atoms with Crippen LogP contribution in [0, 0.1) is 6.92 Å². The molecule has 1 heterocycles. The number of hydrogen-bond donors (Lipinski definition) is 2. The van der Waals surface area contributed by atoms with Crippen molar-refractivity contribution >= 4 is 15.9 Å². The number of H-pyrrole nitrogens is 1. The first-order chi connectivity index (χ1) is 11.1. The van der Waals surface area contributed by atoms with Gasteiger partial charge in [0.05, 0.1) is 5.69 Å². The smallest absolute Gasteiger partial charge is 0.365 e. The van der Waals surface area contributed by atoms with Crippen LogP contribution in [0.5, 0.6) is 11.5 Å². The molecule has 0 aliphatic rings. The summed E-state index contributed by atoms with van der Waals surface area (Å²) in [5, 5.41) is 19.0. The van der Waals surface area contributed by atoms with Gasteiger partial charge in [-0.15, -0.1) is 0 Å². The van der Waals surface area contributed by atoms with Gasteiger partial charge >= 0.3 is 5.69 Å². The van der Waals surface area contributed by atoms with Crippen LogP contribution in [0.15, 0.2) is 45.7 Å². The normalized spacial score (nSPS) is 10.7. The average Bonchev–Trinajstić information content (AvgIpc) is 2.93. The summed E-state index contributed by atoms with van der Waals surface area (Å²) in [4.78, 5) is 11.7. The molecule has 8 heteroatoms. The Bertz CT molecular complexity index is 904. The predicted octanol–water partition coefficient (Wildman–Crippen LogP) is 2.31. The van der Waals surface area contributed by atoms with Crippen LogP contribution in [0.4, 0.5) is 0 Å². The Morgan fingerprint density at radius 1 is 1.35 bits per heavy atom. The quantitative estimate of drug-likeness (QED) is 0.728. The highest BCUT2D eigenvalue weighted by molar-refractivity contribution is 9.10. The van der Waals surface area contributed by atoms with Crippen molar-refractivity contribution in [3.8, 4) is 17.2 Å². The molecule has 0 atom stereocenters. The molecule has 0 spiro atoms. The van der Waals surface area contributed by atoms with E-state index in [0.29, 0.717) is 11.4 Å². The molecule has 118 valence electrons. The molecule has 0 radical (unpaired) electrons. The number of ether oxygens (including phenoxy) is 1. The summed E-state index contributed by atoms with van der Waals surface area (Å²) in [6.07, 6.45) is 0. The maximum atomic E-state index is 11.7. The van der Waals surface area contributed by atoms with E-state index in [1.165, 1.54) is 4.68 Å². The minimum Gasteiger partial charge on any atom is -0.508 e. The van der Waals surface area contributed by atoms with Crippen molar-refractivity contribution < 1.29 is 9.84 Å². The zero-order valence-electron chi connectivity index (χ0n) is 12.2. The van der Waals surface area contributed by atoms with E-state index in [1.54, 1.807) is 30.3 Å². The number of benzene rings is 2. The van der Waals surface area contributed by atoms with Crippen LogP contribution >= 0.6 is 15.9 Å². The number of nitrogens with zero attached hydrogens (tertiary/aromatic N) is 3. The van der Waals surface area contributed by atoms with Crippen LogP contribution < -0.4 is 10.4 Å². The minimum absolute atomic E-state index is 0.186. The molecule has 0 saturated heterocycles. The van der Waals surface area contributed by atoms with Gasteiger partial charge in [-0.05, 0) is 53.2 Å². The lowest BCUT2D eigenvalue weighted by Crippen LogP contribution is -2.18.